The van der Waals surface area contributed by atoms with Gasteiger partial charge < -0.3 is 37.1 Å². The third kappa shape index (κ3) is 7.72. The van der Waals surface area contributed by atoms with Crippen LogP contribution in [-0.2, 0) is 20.9 Å². The lowest BCUT2D eigenvalue weighted by Gasteiger charge is -2.12. The summed E-state index contributed by atoms with van der Waals surface area (Å²) >= 11 is 0. The summed E-state index contributed by atoms with van der Waals surface area (Å²) in [6.07, 6.45) is 2.08. The monoisotopic (exact) mass is 508 g/mol. The quantitative estimate of drug-likeness (QED) is 0.0805. The van der Waals surface area contributed by atoms with E-state index >= 15 is 0 Å². The zero-order chi connectivity index (χ0) is 26.8. The second kappa shape index (κ2) is 13.0. The molecule has 2 aromatic carbocycles. The van der Waals surface area contributed by atoms with Crippen molar-refractivity contribution >= 4 is 34.6 Å². The minimum Gasteiger partial charge on any atom is -0.457 e. The third-order valence-electron chi connectivity index (χ3n) is 5.20. The number of aliphatic hydroxyl groups excluding tert-OH is 1. The SMILES string of the molecule is NC(N)=NCCC[C@H](N)C(=O)OC(=O)CNC(=O)c1ncc2cc(Oc3ccccc3)ccc2c1CO. The van der Waals surface area contributed by atoms with Gasteiger partial charge in [-0.25, -0.2) is 9.59 Å². The van der Waals surface area contributed by atoms with Crippen LogP contribution in [0.4, 0.5) is 0 Å². The number of aliphatic imine (C=N–C) groups is 1. The van der Waals surface area contributed by atoms with E-state index in [-0.39, 0.29) is 30.2 Å². The Morgan fingerprint density at radius 1 is 1.08 bits per heavy atom. The molecule has 1 heterocycles. The van der Waals surface area contributed by atoms with Crippen molar-refractivity contribution in [3.05, 3.63) is 66.0 Å². The first-order valence-electron chi connectivity index (χ1n) is 11.4. The standard InChI is InChI=1S/C25H28N6O6/c26-20(7-4-10-29-25(27)28)24(35)37-21(33)13-31-23(34)22-19(14-32)18-9-8-17(11-15(18)12-30-22)36-16-5-2-1-3-6-16/h1-3,5-6,8-9,11-12,20,32H,4,7,10,13-14,26H2,(H,31,34)(H4,27,28,29)/t20-/m0/s1. The Morgan fingerprint density at radius 3 is 2.54 bits per heavy atom. The molecule has 0 radical (unpaired) electrons. The van der Waals surface area contributed by atoms with E-state index in [1.54, 1.807) is 18.2 Å². The predicted molar refractivity (Wildman–Crippen MR) is 136 cm³/mol. The molecule has 0 aliphatic carbocycles. The molecule has 3 aromatic rings. The lowest BCUT2D eigenvalue weighted by Crippen LogP contribution is -2.38. The van der Waals surface area contributed by atoms with Gasteiger partial charge in [-0.1, -0.05) is 24.3 Å². The maximum atomic E-state index is 12.7. The van der Waals surface area contributed by atoms with Gasteiger partial charge in [0, 0.05) is 23.7 Å². The van der Waals surface area contributed by atoms with Crippen LogP contribution in [0.25, 0.3) is 10.8 Å². The van der Waals surface area contributed by atoms with Gasteiger partial charge >= 0.3 is 11.9 Å². The molecule has 194 valence electrons. The first-order chi connectivity index (χ1) is 17.8. The number of pyridine rings is 1. The molecule has 0 aliphatic rings. The van der Waals surface area contributed by atoms with E-state index in [0.717, 1.165) is 0 Å². The molecule has 0 spiro atoms. The van der Waals surface area contributed by atoms with Crippen molar-refractivity contribution in [1.82, 2.24) is 10.3 Å². The van der Waals surface area contributed by atoms with Crippen LogP contribution in [-0.4, -0.2) is 53.0 Å². The highest BCUT2D eigenvalue weighted by Gasteiger charge is 2.21. The summed E-state index contributed by atoms with van der Waals surface area (Å²) in [7, 11) is 0. The van der Waals surface area contributed by atoms with Crippen LogP contribution in [0.2, 0.25) is 0 Å². The summed E-state index contributed by atoms with van der Waals surface area (Å²) in [6, 6.07) is 13.3. The Labute approximate surface area is 212 Å². The number of nitrogens with two attached hydrogens (primary N) is 3. The molecule has 1 aromatic heterocycles. The highest BCUT2D eigenvalue weighted by molar-refractivity contribution is 6.01. The van der Waals surface area contributed by atoms with E-state index in [4.69, 9.17) is 21.9 Å². The predicted octanol–water partition coefficient (Wildman–Crippen LogP) is 0.700. The fourth-order valence-corrected chi connectivity index (χ4v) is 3.40. The molecular weight excluding hydrogens is 480 g/mol. The van der Waals surface area contributed by atoms with Crippen LogP contribution in [0.15, 0.2) is 59.7 Å². The molecule has 0 unspecified atom stereocenters. The highest BCUT2D eigenvalue weighted by Crippen LogP contribution is 2.28. The minimum absolute atomic E-state index is 0.0673. The Kier molecular flexibility index (Phi) is 9.47. The second-order valence-corrected chi connectivity index (χ2v) is 7.94. The lowest BCUT2D eigenvalue weighted by molar-refractivity contribution is -0.160. The van der Waals surface area contributed by atoms with Gasteiger partial charge in [0.1, 0.15) is 29.8 Å². The van der Waals surface area contributed by atoms with Crippen LogP contribution >= 0.6 is 0 Å². The molecule has 0 saturated heterocycles. The first kappa shape index (κ1) is 27.0. The minimum atomic E-state index is -1.05. The summed E-state index contributed by atoms with van der Waals surface area (Å²) in [5.74, 6) is -1.51. The second-order valence-electron chi connectivity index (χ2n) is 7.94. The number of carbonyl (C=O) groups excluding carboxylic acids is 3. The Balaban J connectivity index is 1.59. The normalized spacial score (nSPS) is 11.4. The van der Waals surface area contributed by atoms with Crippen LogP contribution in [0.5, 0.6) is 11.5 Å². The van der Waals surface area contributed by atoms with Gasteiger partial charge in [0.15, 0.2) is 5.96 Å². The molecular formula is C25H28N6O6. The number of fused-ring (bicyclic) bond motifs is 1. The largest absolute Gasteiger partial charge is 0.457 e. The summed E-state index contributed by atoms with van der Waals surface area (Å²) < 4.78 is 10.5. The maximum absolute atomic E-state index is 12.7. The number of aliphatic hydroxyl groups is 1. The van der Waals surface area contributed by atoms with Crippen LogP contribution in [0, 0.1) is 0 Å². The van der Waals surface area contributed by atoms with E-state index in [2.05, 4.69) is 20.0 Å². The van der Waals surface area contributed by atoms with Crippen molar-refractivity contribution in [2.24, 2.45) is 22.2 Å². The number of hydrogen-bond acceptors (Lipinski definition) is 9. The zero-order valence-electron chi connectivity index (χ0n) is 19.9. The Bertz CT molecular complexity index is 1290. The highest BCUT2D eigenvalue weighted by atomic mass is 16.6. The average molecular weight is 509 g/mol. The van der Waals surface area contributed by atoms with Gasteiger partial charge in [-0.15, -0.1) is 0 Å². The number of para-hydroxylation sites is 1. The Morgan fingerprint density at radius 2 is 1.84 bits per heavy atom. The van der Waals surface area contributed by atoms with Crippen LogP contribution in [0.1, 0.15) is 28.9 Å². The van der Waals surface area contributed by atoms with E-state index in [1.165, 1.54) is 6.20 Å². The molecule has 1 atom stereocenters. The van der Waals surface area contributed by atoms with Crippen LogP contribution < -0.4 is 27.3 Å². The number of guanidine groups is 1. The number of nitrogens with one attached hydrogen (secondary N) is 1. The van der Waals surface area contributed by atoms with E-state index in [9.17, 15) is 19.5 Å². The molecule has 0 aliphatic heterocycles. The molecule has 37 heavy (non-hydrogen) atoms. The van der Waals surface area contributed by atoms with Gasteiger partial charge in [0.25, 0.3) is 5.91 Å². The van der Waals surface area contributed by atoms with Crippen molar-refractivity contribution in [3.63, 3.8) is 0 Å². The maximum Gasteiger partial charge on any atom is 0.333 e. The third-order valence-corrected chi connectivity index (χ3v) is 5.20. The van der Waals surface area contributed by atoms with Gasteiger partial charge in [-0.05, 0) is 42.5 Å². The lowest BCUT2D eigenvalue weighted by atomic mass is 10.0. The number of rotatable bonds is 11. The molecule has 0 saturated carbocycles. The van der Waals surface area contributed by atoms with Gasteiger partial charge in [-0.2, -0.15) is 0 Å². The summed E-state index contributed by atoms with van der Waals surface area (Å²) in [5, 5.41) is 13.5. The van der Waals surface area contributed by atoms with E-state index < -0.39 is 37.0 Å². The zero-order valence-corrected chi connectivity index (χ0v) is 19.9. The number of amides is 1. The van der Waals surface area contributed by atoms with Crippen molar-refractivity contribution < 1.29 is 29.0 Å². The number of carbonyl (C=O) groups is 3. The van der Waals surface area contributed by atoms with Crippen molar-refractivity contribution in [1.29, 1.82) is 0 Å². The fourth-order valence-electron chi connectivity index (χ4n) is 3.40. The van der Waals surface area contributed by atoms with Gasteiger partial charge in [0.05, 0.1) is 6.61 Å². The number of esters is 2. The van der Waals surface area contributed by atoms with Crippen LogP contribution in [0.3, 0.4) is 0 Å². The molecule has 1 amide bonds. The topological polar surface area (TPSA) is 205 Å². The molecule has 0 fully saturated rings. The van der Waals surface area contributed by atoms with Crippen molar-refractivity contribution in [3.8, 4) is 11.5 Å². The van der Waals surface area contributed by atoms with Crippen molar-refractivity contribution in [2.45, 2.75) is 25.5 Å². The molecule has 3 rings (SSSR count). The average Bonchev–Trinajstić information content (AvgIpc) is 2.89. The molecule has 12 nitrogen and oxygen atoms in total. The summed E-state index contributed by atoms with van der Waals surface area (Å²) in [6.45, 7) is -0.788. The van der Waals surface area contributed by atoms with Gasteiger partial charge in [0.2, 0.25) is 0 Å². The number of ether oxygens (including phenoxy) is 2. The number of benzene rings is 2. The van der Waals surface area contributed by atoms with E-state index in [1.807, 2.05) is 30.3 Å². The molecule has 0 bridgehead atoms. The summed E-state index contributed by atoms with van der Waals surface area (Å²) in [5.41, 5.74) is 16.3. The molecule has 8 N–H and O–H groups in total. The van der Waals surface area contributed by atoms with E-state index in [0.29, 0.717) is 28.7 Å². The number of hydrogen-bond donors (Lipinski definition) is 5. The molecule has 12 heteroatoms. The fraction of sp³-hybridized carbons (Fsp3) is 0.240. The smallest absolute Gasteiger partial charge is 0.333 e. The number of aromatic nitrogens is 1. The summed E-state index contributed by atoms with van der Waals surface area (Å²) in [4.78, 5) is 44.6. The Hall–Kier alpha value is -4.55. The first-order valence-corrected chi connectivity index (χ1v) is 11.4. The van der Waals surface area contributed by atoms with Gasteiger partial charge in [-0.3, -0.25) is 14.8 Å². The van der Waals surface area contributed by atoms with Crippen molar-refractivity contribution in [2.75, 3.05) is 13.1 Å². The number of nitrogens with zero attached hydrogens (tertiary/aromatic N) is 2.